The molecule has 1 aromatic heterocycles. The number of nitrogens with zero attached hydrogens (tertiary/aromatic N) is 2. The number of hydrogen-bond donors (Lipinski definition) is 1. The molecule has 2 rings (SSSR count). The van der Waals surface area contributed by atoms with Crippen molar-refractivity contribution in [3.63, 3.8) is 0 Å². The molecule has 0 spiro atoms. The highest BCUT2D eigenvalue weighted by Crippen LogP contribution is 2.12. The molecule has 0 atom stereocenters. The van der Waals surface area contributed by atoms with Gasteiger partial charge in [0.25, 0.3) is 5.56 Å². The fraction of sp³-hybridized carbons (Fsp3) is 0.615. The Kier molecular flexibility index (Phi) is 4.95. The summed E-state index contributed by atoms with van der Waals surface area (Å²) >= 11 is 0. The van der Waals surface area contributed by atoms with Crippen LogP contribution in [-0.2, 0) is 16.6 Å². The molecule has 1 fully saturated rings. The number of hydrogen-bond acceptors (Lipinski definition) is 4. The van der Waals surface area contributed by atoms with Gasteiger partial charge in [0.2, 0.25) is 10.0 Å². The maximum atomic E-state index is 11.5. The van der Waals surface area contributed by atoms with Crippen molar-refractivity contribution in [2.45, 2.75) is 25.4 Å². The maximum absolute atomic E-state index is 11.5. The minimum absolute atomic E-state index is 0.00111. The molecule has 0 amide bonds. The molecule has 0 aliphatic carbocycles. The van der Waals surface area contributed by atoms with Crippen LogP contribution in [0.15, 0.2) is 29.2 Å². The minimum Gasteiger partial charge on any atom is -0.314 e. The highest BCUT2D eigenvalue weighted by Gasteiger charge is 2.24. The van der Waals surface area contributed by atoms with E-state index >= 15 is 0 Å². The second-order valence-electron chi connectivity index (χ2n) is 5.12. The fourth-order valence-corrected chi connectivity index (χ4v) is 3.30. The van der Waals surface area contributed by atoms with Crippen LogP contribution in [0.5, 0.6) is 0 Å². The van der Waals surface area contributed by atoms with Gasteiger partial charge < -0.3 is 9.88 Å². The van der Waals surface area contributed by atoms with Crippen LogP contribution in [0.4, 0.5) is 0 Å². The Morgan fingerprint density at radius 3 is 2.60 bits per heavy atom. The van der Waals surface area contributed by atoms with Gasteiger partial charge in [-0.2, -0.15) is 0 Å². The summed E-state index contributed by atoms with van der Waals surface area (Å²) in [4.78, 5) is 11.5. The lowest BCUT2D eigenvalue weighted by Crippen LogP contribution is -2.45. The van der Waals surface area contributed by atoms with Crippen molar-refractivity contribution in [2.75, 3.05) is 25.9 Å². The predicted octanol–water partition coefficient (Wildman–Crippen LogP) is -0.138. The monoisotopic (exact) mass is 299 g/mol. The molecule has 20 heavy (non-hydrogen) atoms. The van der Waals surface area contributed by atoms with Crippen LogP contribution < -0.4 is 10.9 Å². The van der Waals surface area contributed by atoms with Gasteiger partial charge in [0.15, 0.2) is 0 Å². The Labute approximate surface area is 119 Å². The number of sulfonamides is 1. The molecule has 2 heterocycles. The summed E-state index contributed by atoms with van der Waals surface area (Å²) in [7, 11) is -3.06. The van der Waals surface area contributed by atoms with Gasteiger partial charge in [-0.3, -0.25) is 4.79 Å². The molecule has 6 nitrogen and oxygen atoms in total. The van der Waals surface area contributed by atoms with E-state index < -0.39 is 10.0 Å². The third kappa shape index (κ3) is 4.16. The molecule has 1 N–H and O–H groups in total. The van der Waals surface area contributed by atoms with E-state index in [0.717, 1.165) is 12.8 Å². The molecule has 0 aromatic carbocycles. The van der Waals surface area contributed by atoms with Gasteiger partial charge in [-0.15, -0.1) is 0 Å². The van der Waals surface area contributed by atoms with Crippen LogP contribution in [0.25, 0.3) is 0 Å². The van der Waals surface area contributed by atoms with Crippen molar-refractivity contribution in [3.8, 4) is 0 Å². The normalized spacial score (nSPS) is 18.2. The fourth-order valence-electron chi connectivity index (χ4n) is 2.43. The predicted molar refractivity (Wildman–Crippen MR) is 78.1 cm³/mol. The average Bonchev–Trinajstić information content (AvgIpc) is 2.40. The Morgan fingerprint density at radius 2 is 2.00 bits per heavy atom. The highest BCUT2D eigenvalue weighted by atomic mass is 32.2. The van der Waals surface area contributed by atoms with Crippen LogP contribution in [0, 0.1) is 0 Å². The zero-order valence-corrected chi connectivity index (χ0v) is 12.5. The molecule has 0 radical (unpaired) electrons. The van der Waals surface area contributed by atoms with Gasteiger partial charge in [-0.25, -0.2) is 12.7 Å². The lowest BCUT2D eigenvalue weighted by Gasteiger charge is -2.30. The van der Waals surface area contributed by atoms with Crippen molar-refractivity contribution in [3.05, 3.63) is 34.7 Å². The molecule has 7 heteroatoms. The zero-order valence-electron chi connectivity index (χ0n) is 11.7. The smallest absolute Gasteiger partial charge is 0.250 e. The quantitative estimate of drug-likeness (QED) is 0.821. The molecule has 1 aromatic rings. The molecule has 1 aliphatic heterocycles. The van der Waals surface area contributed by atoms with E-state index in [2.05, 4.69) is 5.32 Å². The second-order valence-corrected chi connectivity index (χ2v) is 7.11. The van der Waals surface area contributed by atoms with Gasteiger partial charge in [-0.1, -0.05) is 6.07 Å². The van der Waals surface area contributed by atoms with Crippen molar-refractivity contribution in [1.82, 2.24) is 14.2 Å². The molecular weight excluding hydrogens is 278 g/mol. The Hall–Kier alpha value is -1.18. The van der Waals surface area contributed by atoms with Crippen LogP contribution >= 0.6 is 0 Å². The topological polar surface area (TPSA) is 71.4 Å². The summed E-state index contributed by atoms with van der Waals surface area (Å²) in [6, 6.07) is 5.44. The zero-order chi connectivity index (χ0) is 14.6. The molecule has 1 saturated heterocycles. The second kappa shape index (κ2) is 6.51. The summed E-state index contributed by atoms with van der Waals surface area (Å²) in [6.45, 7) is 2.49. The minimum atomic E-state index is -3.06. The molecule has 112 valence electrons. The maximum Gasteiger partial charge on any atom is 0.250 e. The third-order valence-corrected chi connectivity index (χ3v) is 4.91. The van der Waals surface area contributed by atoms with E-state index in [1.807, 2.05) is 6.07 Å². The number of aromatic nitrogens is 1. The van der Waals surface area contributed by atoms with Gasteiger partial charge in [0.05, 0.1) is 6.26 Å². The number of piperidine rings is 1. The average molecular weight is 299 g/mol. The first-order valence-corrected chi connectivity index (χ1v) is 8.65. The molecule has 0 unspecified atom stereocenters. The first-order valence-electron chi connectivity index (χ1n) is 6.81. The summed E-state index contributed by atoms with van der Waals surface area (Å²) < 4.78 is 26.0. The van der Waals surface area contributed by atoms with E-state index in [0.29, 0.717) is 32.2 Å². The van der Waals surface area contributed by atoms with Gasteiger partial charge >= 0.3 is 0 Å². The summed E-state index contributed by atoms with van der Waals surface area (Å²) in [5, 5.41) is 3.39. The number of nitrogens with one attached hydrogen (secondary N) is 1. The van der Waals surface area contributed by atoms with E-state index in [1.165, 1.54) is 10.6 Å². The highest BCUT2D eigenvalue weighted by molar-refractivity contribution is 7.88. The number of pyridine rings is 1. The van der Waals surface area contributed by atoms with E-state index in [9.17, 15) is 13.2 Å². The van der Waals surface area contributed by atoms with E-state index in [4.69, 9.17) is 0 Å². The van der Waals surface area contributed by atoms with Crippen molar-refractivity contribution < 1.29 is 8.42 Å². The SMILES string of the molecule is CS(=O)(=O)N1CCC(NCCn2ccccc2=O)CC1. The first-order chi connectivity index (χ1) is 9.47. The standard InChI is InChI=1S/C13H21N3O3S/c1-20(18,19)16-9-5-12(6-10-16)14-7-11-15-8-3-2-4-13(15)17/h2-4,8,12,14H,5-7,9-11H2,1H3. The molecule has 1 aliphatic rings. The Bertz CT molecular complexity index is 589. The third-order valence-electron chi connectivity index (χ3n) is 3.61. The van der Waals surface area contributed by atoms with Crippen molar-refractivity contribution in [2.24, 2.45) is 0 Å². The molecule has 0 saturated carbocycles. The van der Waals surface area contributed by atoms with Gasteiger partial charge in [-0.05, 0) is 18.9 Å². The summed E-state index contributed by atoms with van der Waals surface area (Å²) in [5.41, 5.74) is 0.00111. The van der Waals surface area contributed by atoms with Crippen LogP contribution in [0.1, 0.15) is 12.8 Å². The largest absolute Gasteiger partial charge is 0.314 e. The van der Waals surface area contributed by atoms with Gasteiger partial charge in [0, 0.05) is 44.5 Å². The first kappa shape index (κ1) is 15.2. The lowest BCUT2D eigenvalue weighted by atomic mass is 10.1. The summed E-state index contributed by atoms with van der Waals surface area (Å²) in [5.74, 6) is 0. The van der Waals surface area contributed by atoms with Crippen molar-refractivity contribution in [1.29, 1.82) is 0 Å². The van der Waals surface area contributed by atoms with Crippen LogP contribution in [0.2, 0.25) is 0 Å². The summed E-state index contributed by atoms with van der Waals surface area (Å²) in [6.07, 6.45) is 4.66. The Morgan fingerprint density at radius 1 is 1.30 bits per heavy atom. The van der Waals surface area contributed by atoms with E-state index in [1.54, 1.807) is 22.9 Å². The molecule has 0 bridgehead atoms. The lowest BCUT2D eigenvalue weighted by molar-refractivity contribution is 0.289. The van der Waals surface area contributed by atoms with Gasteiger partial charge in [0.1, 0.15) is 0 Å². The van der Waals surface area contributed by atoms with Crippen LogP contribution in [0.3, 0.4) is 0 Å². The van der Waals surface area contributed by atoms with Crippen molar-refractivity contribution >= 4 is 10.0 Å². The van der Waals surface area contributed by atoms with Crippen LogP contribution in [-0.4, -0.2) is 49.2 Å². The van der Waals surface area contributed by atoms with E-state index in [-0.39, 0.29) is 5.56 Å². The molecular formula is C13H21N3O3S. The number of rotatable bonds is 5. The Balaban J connectivity index is 1.74.